The Bertz CT molecular complexity index is 594. The van der Waals surface area contributed by atoms with E-state index in [2.05, 4.69) is 10.3 Å². The van der Waals surface area contributed by atoms with Gasteiger partial charge in [-0.3, -0.25) is 0 Å². The second-order valence-corrected chi connectivity index (χ2v) is 5.16. The van der Waals surface area contributed by atoms with Gasteiger partial charge in [-0.2, -0.15) is 0 Å². The standard InChI is InChI=1S/C14H16FN3O2/c15-12-5-2-1-4-11(12)13-8-18(17-16-13)9-14(19)6-3-7-20-10-14/h1-2,4-5,8,19H,3,6-7,9-10H2. The summed E-state index contributed by atoms with van der Waals surface area (Å²) in [6, 6.07) is 6.42. The van der Waals surface area contributed by atoms with Gasteiger partial charge < -0.3 is 9.84 Å². The first-order chi connectivity index (χ1) is 9.66. The molecule has 1 N–H and O–H groups in total. The van der Waals surface area contributed by atoms with Gasteiger partial charge in [0.05, 0.1) is 19.3 Å². The van der Waals surface area contributed by atoms with Crippen molar-refractivity contribution in [2.24, 2.45) is 0 Å². The molecular formula is C14H16FN3O2. The molecule has 1 aromatic carbocycles. The molecule has 0 bridgehead atoms. The number of halogens is 1. The fourth-order valence-corrected chi connectivity index (χ4v) is 2.43. The van der Waals surface area contributed by atoms with Crippen LogP contribution in [0.5, 0.6) is 0 Å². The molecule has 1 atom stereocenters. The van der Waals surface area contributed by atoms with Crippen LogP contribution in [0.3, 0.4) is 0 Å². The minimum Gasteiger partial charge on any atom is -0.386 e. The van der Waals surface area contributed by atoms with E-state index >= 15 is 0 Å². The Balaban J connectivity index is 1.79. The van der Waals surface area contributed by atoms with E-state index < -0.39 is 5.60 Å². The first kappa shape index (κ1) is 13.2. The van der Waals surface area contributed by atoms with Crippen LogP contribution < -0.4 is 0 Å². The molecule has 1 saturated heterocycles. The molecule has 3 rings (SSSR count). The minimum absolute atomic E-state index is 0.294. The van der Waals surface area contributed by atoms with E-state index in [0.29, 0.717) is 37.4 Å². The van der Waals surface area contributed by atoms with Gasteiger partial charge in [-0.15, -0.1) is 5.10 Å². The molecule has 1 fully saturated rings. The van der Waals surface area contributed by atoms with Gasteiger partial charge in [0.25, 0.3) is 0 Å². The number of ether oxygens (including phenoxy) is 1. The maximum atomic E-state index is 13.7. The number of aromatic nitrogens is 3. The van der Waals surface area contributed by atoms with Crippen LogP contribution in [0.4, 0.5) is 4.39 Å². The predicted molar refractivity (Wildman–Crippen MR) is 70.4 cm³/mol. The number of rotatable bonds is 3. The molecule has 2 aromatic rings. The highest BCUT2D eigenvalue weighted by Gasteiger charge is 2.31. The fourth-order valence-electron chi connectivity index (χ4n) is 2.43. The predicted octanol–water partition coefficient (Wildman–Crippen LogP) is 1.63. The molecule has 0 aliphatic carbocycles. The quantitative estimate of drug-likeness (QED) is 0.926. The summed E-state index contributed by atoms with van der Waals surface area (Å²) in [5.74, 6) is -0.334. The first-order valence-corrected chi connectivity index (χ1v) is 6.61. The molecule has 1 aliphatic rings. The van der Waals surface area contributed by atoms with E-state index in [1.807, 2.05) is 0 Å². The van der Waals surface area contributed by atoms with Crippen molar-refractivity contribution in [2.45, 2.75) is 25.0 Å². The zero-order valence-electron chi connectivity index (χ0n) is 11.0. The van der Waals surface area contributed by atoms with Crippen molar-refractivity contribution in [1.82, 2.24) is 15.0 Å². The maximum Gasteiger partial charge on any atom is 0.132 e. The summed E-state index contributed by atoms with van der Waals surface area (Å²) in [5, 5.41) is 18.3. The maximum absolute atomic E-state index is 13.7. The SMILES string of the molecule is OC1(Cn2cc(-c3ccccc3F)nn2)CCCOC1. The largest absolute Gasteiger partial charge is 0.386 e. The van der Waals surface area contributed by atoms with Gasteiger partial charge in [0.15, 0.2) is 0 Å². The number of nitrogens with zero attached hydrogens (tertiary/aromatic N) is 3. The molecule has 0 amide bonds. The first-order valence-electron chi connectivity index (χ1n) is 6.61. The van der Waals surface area contributed by atoms with Gasteiger partial charge in [0, 0.05) is 12.2 Å². The Kier molecular flexibility index (Phi) is 3.50. The van der Waals surface area contributed by atoms with Crippen LogP contribution in [0.2, 0.25) is 0 Å². The molecule has 0 saturated carbocycles. The summed E-state index contributed by atoms with van der Waals surface area (Å²) in [6.07, 6.45) is 3.14. The van der Waals surface area contributed by atoms with Crippen molar-refractivity contribution in [2.75, 3.05) is 13.2 Å². The second kappa shape index (κ2) is 5.30. The highest BCUT2D eigenvalue weighted by molar-refractivity contribution is 5.58. The summed E-state index contributed by atoms with van der Waals surface area (Å²) >= 11 is 0. The monoisotopic (exact) mass is 277 g/mol. The van der Waals surface area contributed by atoms with E-state index in [1.165, 1.54) is 10.7 Å². The number of benzene rings is 1. The summed E-state index contributed by atoms with van der Waals surface area (Å²) in [4.78, 5) is 0. The highest BCUT2D eigenvalue weighted by atomic mass is 19.1. The summed E-state index contributed by atoms with van der Waals surface area (Å²) in [7, 11) is 0. The minimum atomic E-state index is -0.918. The van der Waals surface area contributed by atoms with Crippen LogP contribution in [-0.4, -0.2) is 38.9 Å². The van der Waals surface area contributed by atoms with Crippen LogP contribution in [-0.2, 0) is 11.3 Å². The van der Waals surface area contributed by atoms with Crippen LogP contribution in [0.25, 0.3) is 11.3 Å². The van der Waals surface area contributed by atoms with E-state index in [9.17, 15) is 9.50 Å². The lowest BCUT2D eigenvalue weighted by molar-refractivity contribution is -0.0960. The average molecular weight is 277 g/mol. The van der Waals surface area contributed by atoms with E-state index in [-0.39, 0.29) is 5.82 Å². The van der Waals surface area contributed by atoms with Gasteiger partial charge in [-0.25, -0.2) is 9.07 Å². The third-order valence-electron chi connectivity index (χ3n) is 3.45. The molecule has 6 heteroatoms. The number of hydrogen-bond acceptors (Lipinski definition) is 4. The Morgan fingerprint density at radius 3 is 3.00 bits per heavy atom. The van der Waals surface area contributed by atoms with E-state index in [0.717, 1.165) is 6.42 Å². The molecule has 0 radical (unpaired) electrons. The Labute approximate surface area is 116 Å². The average Bonchev–Trinajstić information content (AvgIpc) is 2.87. The Morgan fingerprint density at radius 1 is 1.40 bits per heavy atom. The van der Waals surface area contributed by atoms with Crippen molar-refractivity contribution in [3.05, 3.63) is 36.3 Å². The van der Waals surface area contributed by atoms with Gasteiger partial charge in [0.1, 0.15) is 17.1 Å². The molecule has 1 aromatic heterocycles. The van der Waals surface area contributed by atoms with Crippen molar-refractivity contribution >= 4 is 0 Å². The summed E-state index contributed by atoms with van der Waals surface area (Å²) < 4.78 is 20.5. The molecule has 2 heterocycles. The smallest absolute Gasteiger partial charge is 0.132 e. The molecule has 1 unspecified atom stereocenters. The molecule has 106 valence electrons. The van der Waals surface area contributed by atoms with Crippen LogP contribution >= 0.6 is 0 Å². The van der Waals surface area contributed by atoms with Gasteiger partial charge >= 0.3 is 0 Å². The van der Waals surface area contributed by atoms with Crippen molar-refractivity contribution in [3.63, 3.8) is 0 Å². The van der Waals surface area contributed by atoms with Crippen molar-refractivity contribution in [3.8, 4) is 11.3 Å². The topological polar surface area (TPSA) is 60.2 Å². The highest BCUT2D eigenvalue weighted by Crippen LogP contribution is 2.23. The Hall–Kier alpha value is -1.79. The molecule has 5 nitrogen and oxygen atoms in total. The van der Waals surface area contributed by atoms with Gasteiger partial charge in [-0.05, 0) is 25.0 Å². The van der Waals surface area contributed by atoms with Gasteiger partial charge in [-0.1, -0.05) is 17.3 Å². The van der Waals surface area contributed by atoms with Crippen LogP contribution in [0, 0.1) is 5.82 Å². The lowest BCUT2D eigenvalue weighted by Gasteiger charge is -2.31. The van der Waals surface area contributed by atoms with Gasteiger partial charge in [0.2, 0.25) is 0 Å². The van der Waals surface area contributed by atoms with Crippen LogP contribution in [0.15, 0.2) is 30.5 Å². The summed E-state index contributed by atoms with van der Waals surface area (Å²) in [5.41, 5.74) is -0.0487. The molecule has 20 heavy (non-hydrogen) atoms. The zero-order chi connectivity index (χ0) is 14.0. The summed E-state index contributed by atoms with van der Waals surface area (Å²) in [6.45, 7) is 1.27. The van der Waals surface area contributed by atoms with Crippen molar-refractivity contribution in [1.29, 1.82) is 0 Å². The third-order valence-corrected chi connectivity index (χ3v) is 3.45. The second-order valence-electron chi connectivity index (χ2n) is 5.16. The zero-order valence-corrected chi connectivity index (χ0v) is 11.0. The van der Waals surface area contributed by atoms with E-state index in [1.54, 1.807) is 24.4 Å². The number of hydrogen-bond donors (Lipinski definition) is 1. The Morgan fingerprint density at radius 2 is 2.25 bits per heavy atom. The molecule has 0 spiro atoms. The lowest BCUT2D eigenvalue weighted by Crippen LogP contribution is -2.42. The molecular weight excluding hydrogens is 261 g/mol. The number of aliphatic hydroxyl groups is 1. The van der Waals surface area contributed by atoms with E-state index in [4.69, 9.17) is 4.74 Å². The lowest BCUT2D eigenvalue weighted by atomic mass is 9.97. The van der Waals surface area contributed by atoms with Crippen molar-refractivity contribution < 1.29 is 14.2 Å². The fraction of sp³-hybridized carbons (Fsp3) is 0.429. The third kappa shape index (κ3) is 2.71. The molecule has 1 aliphatic heterocycles. The van der Waals surface area contributed by atoms with Crippen LogP contribution in [0.1, 0.15) is 12.8 Å². The normalized spacial score (nSPS) is 22.9.